The predicted molar refractivity (Wildman–Crippen MR) is 86.5 cm³/mol. The Morgan fingerprint density at radius 2 is 2.05 bits per heavy atom. The summed E-state index contributed by atoms with van der Waals surface area (Å²) < 4.78 is 0. The Balaban J connectivity index is 1.82. The molecule has 1 N–H and O–H groups in total. The molecule has 0 saturated heterocycles. The maximum absolute atomic E-state index is 10.2. The van der Waals surface area contributed by atoms with Crippen LogP contribution in [0.1, 0.15) is 31.2 Å². The van der Waals surface area contributed by atoms with E-state index in [1.807, 2.05) is 18.2 Å². The van der Waals surface area contributed by atoms with Crippen LogP contribution in [0.5, 0.6) is 0 Å². The van der Waals surface area contributed by atoms with Gasteiger partial charge in [-0.2, -0.15) is 0 Å². The van der Waals surface area contributed by atoms with Crippen molar-refractivity contribution in [2.24, 2.45) is 0 Å². The molecule has 0 spiro atoms. The lowest BCUT2D eigenvalue weighted by molar-refractivity contribution is 0.0288. The highest BCUT2D eigenvalue weighted by molar-refractivity contribution is 6.30. The highest BCUT2D eigenvalue weighted by atomic mass is 35.5. The number of hydrogen-bond acceptors (Lipinski definition) is 3. The van der Waals surface area contributed by atoms with Gasteiger partial charge in [-0.3, -0.25) is 4.90 Å². The van der Waals surface area contributed by atoms with E-state index < -0.39 is 0 Å². The van der Waals surface area contributed by atoms with Gasteiger partial charge in [0.15, 0.2) is 0 Å². The van der Waals surface area contributed by atoms with Crippen molar-refractivity contribution in [2.45, 2.75) is 44.4 Å². The highest BCUT2D eigenvalue weighted by Gasteiger charge is 2.26. The number of hydrogen-bond donors (Lipinski definition) is 1. The van der Waals surface area contributed by atoms with Gasteiger partial charge in [0.2, 0.25) is 0 Å². The lowest BCUT2D eigenvalue weighted by atomic mass is 9.91. The second-order valence-corrected chi connectivity index (χ2v) is 6.32. The molecule has 3 rings (SSSR count). The molecule has 0 aliphatic heterocycles. The number of rotatable bonds is 3. The van der Waals surface area contributed by atoms with Crippen LogP contribution in [0.25, 0.3) is 10.9 Å². The van der Waals surface area contributed by atoms with E-state index in [-0.39, 0.29) is 12.1 Å². The minimum atomic E-state index is -0.226. The first-order chi connectivity index (χ1) is 10.1. The van der Waals surface area contributed by atoms with E-state index in [9.17, 15) is 5.11 Å². The van der Waals surface area contributed by atoms with Crippen LogP contribution >= 0.6 is 11.6 Å². The van der Waals surface area contributed by atoms with Crippen molar-refractivity contribution in [3.05, 3.63) is 41.0 Å². The van der Waals surface area contributed by atoms with Crippen molar-refractivity contribution in [3.63, 3.8) is 0 Å². The van der Waals surface area contributed by atoms with Gasteiger partial charge in [0, 0.05) is 23.5 Å². The molecule has 2 atom stereocenters. The van der Waals surface area contributed by atoms with Crippen molar-refractivity contribution in [2.75, 3.05) is 7.05 Å². The lowest BCUT2D eigenvalue weighted by Gasteiger charge is -2.35. The van der Waals surface area contributed by atoms with Crippen LogP contribution in [0.4, 0.5) is 0 Å². The molecule has 2 aromatic rings. The number of aromatic nitrogens is 1. The summed E-state index contributed by atoms with van der Waals surface area (Å²) in [6.07, 6.45) is 4.05. The molecule has 1 aromatic heterocycles. The van der Waals surface area contributed by atoms with Crippen LogP contribution in [0.15, 0.2) is 30.3 Å². The van der Waals surface area contributed by atoms with E-state index in [1.54, 1.807) is 0 Å². The normalized spacial score (nSPS) is 22.9. The summed E-state index contributed by atoms with van der Waals surface area (Å²) in [5.74, 6) is 0. The number of aliphatic hydroxyl groups is 1. The summed E-state index contributed by atoms with van der Waals surface area (Å²) in [5.41, 5.74) is 1.95. The minimum absolute atomic E-state index is 0.223. The van der Waals surface area contributed by atoms with Gasteiger partial charge in [0.1, 0.15) is 5.15 Å². The molecule has 1 fully saturated rings. The fourth-order valence-corrected chi connectivity index (χ4v) is 3.44. The number of likely N-dealkylation sites (N-methyl/N-ethyl adjacent to an activating group) is 1. The van der Waals surface area contributed by atoms with Crippen molar-refractivity contribution >= 4 is 22.5 Å². The second kappa shape index (κ2) is 6.30. The Hall–Kier alpha value is -1.16. The fraction of sp³-hybridized carbons (Fsp3) is 0.471. The number of fused-ring (bicyclic) bond motifs is 1. The Morgan fingerprint density at radius 1 is 1.29 bits per heavy atom. The Morgan fingerprint density at radius 3 is 2.86 bits per heavy atom. The summed E-state index contributed by atoms with van der Waals surface area (Å²) >= 11 is 6.32. The number of benzene rings is 1. The second-order valence-electron chi connectivity index (χ2n) is 5.97. The first-order valence-corrected chi connectivity index (χ1v) is 7.95. The van der Waals surface area contributed by atoms with E-state index in [1.165, 1.54) is 6.42 Å². The summed E-state index contributed by atoms with van der Waals surface area (Å²) in [4.78, 5) is 6.68. The van der Waals surface area contributed by atoms with Crippen molar-refractivity contribution in [3.8, 4) is 0 Å². The van der Waals surface area contributed by atoms with Gasteiger partial charge in [0.25, 0.3) is 0 Å². The third kappa shape index (κ3) is 3.20. The average molecular weight is 305 g/mol. The van der Waals surface area contributed by atoms with Gasteiger partial charge in [-0.05, 0) is 32.0 Å². The van der Waals surface area contributed by atoms with Crippen molar-refractivity contribution in [1.29, 1.82) is 0 Å². The number of para-hydroxylation sites is 1. The monoisotopic (exact) mass is 304 g/mol. The maximum atomic E-state index is 10.2. The van der Waals surface area contributed by atoms with Crippen molar-refractivity contribution in [1.82, 2.24) is 9.88 Å². The maximum Gasteiger partial charge on any atom is 0.134 e. The molecule has 3 nitrogen and oxygen atoms in total. The standard InChI is InChI=1S/C17H21ClN2O/c1-20(15-8-4-5-9-16(15)21)11-13-10-12-6-2-3-7-14(12)19-17(13)18/h2-3,6-7,10,15-16,21H,4-5,8-9,11H2,1H3. The molecule has 21 heavy (non-hydrogen) atoms. The summed E-state index contributed by atoms with van der Waals surface area (Å²) in [6, 6.07) is 10.3. The number of halogens is 1. The molecule has 0 amide bonds. The lowest BCUT2D eigenvalue weighted by Crippen LogP contribution is -2.42. The zero-order valence-corrected chi connectivity index (χ0v) is 13.1. The molecule has 112 valence electrons. The molecular weight excluding hydrogens is 284 g/mol. The quantitative estimate of drug-likeness (QED) is 0.880. The van der Waals surface area contributed by atoms with Gasteiger partial charge in [0.05, 0.1) is 11.6 Å². The van der Waals surface area contributed by atoms with E-state index in [0.29, 0.717) is 5.15 Å². The van der Waals surface area contributed by atoms with Crippen LogP contribution in [0, 0.1) is 0 Å². The molecular formula is C17H21ClN2O. The third-order valence-electron chi connectivity index (χ3n) is 4.43. The van der Waals surface area contributed by atoms with Gasteiger partial charge in [-0.25, -0.2) is 4.98 Å². The molecule has 0 radical (unpaired) electrons. The molecule has 0 bridgehead atoms. The number of nitrogens with zero attached hydrogens (tertiary/aromatic N) is 2. The molecule has 1 aliphatic carbocycles. The minimum Gasteiger partial charge on any atom is -0.391 e. The fourth-order valence-electron chi connectivity index (χ4n) is 3.24. The molecule has 2 unspecified atom stereocenters. The SMILES string of the molecule is CN(Cc1cc2ccccc2nc1Cl)C1CCCCC1O. The van der Waals surface area contributed by atoms with Gasteiger partial charge in [-0.15, -0.1) is 0 Å². The first kappa shape index (κ1) is 14.8. The van der Waals surface area contributed by atoms with Crippen LogP contribution in [-0.2, 0) is 6.54 Å². The summed E-state index contributed by atoms with van der Waals surface area (Å²) in [6.45, 7) is 0.721. The number of aliphatic hydroxyl groups excluding tert-OH is 1. The van der Waals surface area contributed by atoms with Gasteiger partial charge < -0.3 is 5.11 Å². The van der Waals surface area contributed by atoms with Gasteiger partial charge >= 0.3 is 0 Å². The summed E-state index contributed by atoms with van der Waals surface area (Å²) in [7, 11) is 2.06. The molecule has 1 saturated carbocycles. The van der Waals surface area contributed by atoms with E-state index in [0.717, 1.165) is 42.3 Å². The summed E-state index contributed by atoms with van der Waals surface area (Å²) in [5, 5.41) is 11.8. The zero-order valence-electron chi connectivity index (χ0n) is 12.3. The van der Waals surface area contributed by atoms with Gasteiger partial charge in [-0.1, -0.05) is 42.6 Å². The van der Waals surface area contributed by atoms with Crippen LogP contribution in [-0.4, -0.2) is 34.2 Å². The third-order valence-corrected chi connectivity index (χ3v) is 4.76. The van der Waals surface area contributed by atoms with E-state index in [4.69, 9.17) is 11.6 Å². The van der Waals surface area contributed by atoms with E-state index >= 15 is 0 Å². The molecule has 1 aliphatic rings. The smallest absolute Gasteiger partial charge is 0.134 e. The zero-order chi connectivity index (χ0) is 14.8. The van der Waals surface area contributed by atoms with Crippen LogP contribution in [0.2, 0.25) is 5.15 Å². The Bertz CT molecular complexity index is 631. The molecule has 1 aromatic carbocycles. The van der Waals surface area contributed by atoms with Crippen LogP contribution < -0.4 is 0 Å². The predicted octanol–water partition coefficient (Wildman–Crippen LogP) is 3.62. The van der Waals surface area contributed by atoms with E-state index in [2.05, 4.69) is 29.1 Å². The highest BCUT2D eigenvalue weighted by Crippen LogP contribution is 2.26. The molecule has 1 heterocycles. The first-order valence-electron chi connectivity index (χ1n) is 7.57. The average Bonchev–Trinajstić information content (AvgIpc) is 2.48. The topological polar surface area (TPSA) is 36.4 Å². The molecule has 4 heteroatoms. The van der Waals surface area contributed by atoms with Crippen LogP contribution in [0.3, 0.4) is 0 Å². The van der Waals surface area contributed by atoms with Crippen molar-refractivity contribution < 1.29 is 5.11 Å². The largest absolute Gasteiger partial charge is 0.391 e. The Labute approximate surface area is 130 Å². The Kier molecular flexibility index (Phi) is 4.43. The number of pyridine rings is 1.